The minimum absolute atomic E-state index is 0.473. The molecule has 2 rings (SSSR count). The van der Waals surface area contributed by atoms with Crippen LogP contribution in [0.2, 0.25) is 0 Å². The van der Waals surface area contributed by atoms with Gasteiger partial charge in [-0.1, -0.05) is 12.1 Å². The Morgan fingerprint density at radius 2 is 1.78 bits per heavy atom. The summed E-state index contributed by atoms with van der Waals surface area (Å²) in [7, 11) is 3.79. The monoisotopic (exact) mass is 330 g/mol. The predicted molar refractivity (Wildman–Crippen MR) is 81.4 cm³/mol. The second kappa shape index (κ2) is 5.70. The van der Waals surface area contributed by atoms with Gasteiger partial charge in [0.2, 0.25) is 5.91 Å². The lowest BCUT2D eigenvalue weighted by Gasteiger charge is -2.27. The minimum atomic E-state index is -4.79. The highest BCUT2D eigenvalue weighted by molar-refractivity contribution is 5.91. The summed E-state index contributed by atoms with van der Waals surface area (Å²) in [6, 6.07) is 7.39. The number of carbonyl (C=O) groups excluding carboxylic acids is 1. The van der Waals surface area contributed by atoms with Gasteiger partial charge in [0, 0.05) is 19.8 Å². The topological polar surface area (TPSA) is 52.6 Å². The summed E-state index contributed by atoms with van der Waals surface area (Å²) in [4.78, 5) is 14.2. The Morgan fingerprint density at radius 1 is 1.26 bits per heavy atom. The average molecular weight is 330 g/mol. The fourth-order valence-electron chi connectivity index (χ4n) is 2.37. The first kappa shape index (κ1) is 17.6. The zero-order valence-electron chi connectivity index (χ0n) is 13.4. The number of benzene rings is 1. The third kappa shape index (κ3) is 3.44. The van der Waals surface area contributed by atoms with Crippen molar-refractivity contribution in [3.05, 3.63) is 29.8 Å². The SMILES string of the molecule is CN(C)c1ccc(C2(C(=O)NC[C@@](C)(O)C(F)(F)F)CC2)cc1. The molecule has 23 heavy (non-hydrogen) atoms. The van der Waals surface area contributed by atoms with E-state index in [0.717, 1.165) is 11.3 Å². The molecular formula is C16H21F3N2O2. The number of nitrogens with one attached hydrogen (secondary N) is 1. The molecule has 1 aromatic rings. The second-order valence-corrected chi connectivity index (χ2v) is 6.48. The van der Waals surface area contributed by atoms with Gasteiger partial charge in [0.1, 0.15) is 0 Å². The van der Waals surface area contributed by atoms with Crippen LogP contribution in [0.1, 0.15) is 25.3 Å². The van der Waals surface area contributed by atoms with Gasteiger partial charge in [0.15, 0.2) is 5.60 Å². The number of aliphatic hydroxyl groups is 1. The molecule has 1 fully saturated rings. The molecule has 4 nitrogen and oxygen atoms in total. The van der Waals surface area contributed by atoms with Gasteiger partial charge < -0.3 is 15.3 Å². The van der Waals surface area contributed by atoms with E-state index < -0.39 is 29.6 Å². The van der Waals surface area contributed by atoms with Crippen LogP contribution in [0.4, 0.5) is 18.9 Å². The van der Waals surface area contributed by atoms with E-state index in [1.54, 1.807) is 0 Å². The Hall–Kier alpha value is -1.76. The maximum atomic E-state index is 12.6. The Kier molecular flexibility index (Phi) is 4.36. The van der Waals surface area contributed by atoms with Crippen molar-refractivity contribution in [2.45, 2.75) is 37.0 Å². The van der Waals surface area contributed by atoms with E-state index in [0.29, 0.717) is 19.8 Å². The van der Waals surface area contributed by atoms with Crippen LogP contribution >= 0.6 is 0 Å². The Labute approximate surface area is 133 Å². The fraction of sp³-hybridized carbons (Fsp3) is 0.562. The summed E-state index contributed by atoms with van der Waals surface area (Å²) in [6.07, 6.45) is -3.60. The van der Waals surface area contributed by atoms with Crippen LogP contribution in [-0.2, 0) is 10.2 Å². The van der Waals surface area contributed by atoms with E-state index in [1.807, 2.05) is 43.3 Å². The third-order valence-corrected chi connectivity index (χ3v) is 4.32. The predicted octanol–water partition coefficient (Wildman–Crippen LogP) is 2.21. The first-order chi connectivity index (χ1) is 10.5. The van der Waals surface area contributed by atoms with Gasteiger partial charge in [-0.05, 0) is 37.5 Å². The van der Waals surface area contributed by atoms with E-state index in [-0.39, 0.29) is 0 Å². The van der Waals surface area contributed by atoms with E-state index in [2.05, 4.69) is 5.32 Å². The molecule has 1 aliphatic rings. The van der Waals surface area contributed by atoms with Crippen LogP contribution in [-0.4, -0.2) is 43.4 Å². The maximum absolute atomic E-state index is 12.6. The minimum Gasteiger partial charge on any atom is -0.379 e. The van der Waals surface area contributed by atoms with Crippen molar-refractivity contribution >= 4 is 11.6 Å². The second-order valence-electron chi connectivity index (χ2n) is 6.48. The quantitative estimate of drug-likeness (QED) is 0.870. The van der Waals surface area contributed by atoms with Gasteiger partial charge in [0.25, 0.3) is 0 Å². The first-order valence-corrected chi connectivity index (χ1v) is 7.35. The number of carbonyl (C=O) groups is 1. The molecule has 7 heteroatoms. The molecule has 1 atom stereocenters. The number of rotatable bonds is 5. The van der Waals surface area contributed by atoms with Crippen molar-refractivity contribution in [2.24, 2.45) is 0 Å². The highest BCUT2D eigenvalue weighted by Crippen LogP contribution is 2.48. The van der Waals surface area contributed by atoms with Gasteiger partial charge in [-0.3, -0.25) is 4.79 Å². The van der Waals surface area contributed by atoms with Crippen molar-refractivity contribution in [3.8, 4) is 0 Å². The van der Waals surface area contributed by atoms with Crippen LogP contribution in [0.25, 0.3) is 0 Å². The van der Waals surface area contributed by atoms with E-state index in [1.165, 1.54) is 0 Å². The largest absolute Gasteiger partial charge is 0.418 e. The van der Waals surface area contributed by atoms with Crippen LogP contribution in [0, 0.1) is 0 Å². The summed E-state index contributed by atoms with van der Waals surface area (Å²) < 4.78 is 37.9. The summed E-state index contributed by atoms with van der Waals surface area (Å²) in [5.74, 6) is -0.473. The summed E-state index contributed by atoms with van der Waals surface area (Å²) >= 11 is 0. The molecule has 1 saturated carbocycles. The number of hydrogen-bond acceptors (Lipinski definition) is 3. The molecule has 1 amide bonds. The molecule has 0 heterocycles. The van der Waals surface area contributed by atoms with E-state index >= 15 is 0 Å². The van der Waals surface area contributed by atoms with E-state index in [4.69, 9.17) is 0 Å². The molecule has 0 aliphatic heterocycles. The smallest absolute Gasteiger partial charge is 0.379 e. The van der Waals surface area contributed by atoms with Crippen LogP contribution in [0.5, 0.6) is 0 Å². The van der Waals surface area contributed by atoms with Crippen molar-refractivity contribution in [2.75, 3.05) is 25.5 Å². The Balaban J connectivity index is 2.07. The zero-order valence-corrected chi connectivity index (χ0v) is 13.4. The molecule has 0 saturated heterocycles. The summed E-state index contributed by atoms with van der Waals surface area (Å²) in [6.45, 7) is -0.203. The first-order valence-electron chi connectivity index (χ1n) is 7.35. The van der Waals surface area contributed by atoms with Gasteiger partial charge in [0.05, 0.1) is 12.0 Å². The molecule has 1 aliphatic carbocycles. The van der Waals surface area contributed by atoms with Crippen molar-refractivity contribution in [3.63, 3.8) is 0 Å². The Bertz CT molecular complexity index is 576. The number of amides is 1. The Morgan fingerprint density at radius 3 is 2.17 bits per heavy atom. The molecule has 0 aromatic heterocycles. The number of nitrogens with zero attached hydrogens (tertiary/aromatic N) is 1. The molecule has 0 spiro atoms. The zero-order chi connectivity index (χ0) is 17.5. The number of halogens is 3. The average Bonchev–Trinajstić information content (AvgIpc) is 3.25. The lowest BCUT2D eigenvalue weighted by atomic mass is 9.94. The molecule has 0 radical (unpaired) electrons. The molecule has 128 valence electrons. The maximum Gasteiger partial charge on any atom is 0.418 e. The van der Waals surface area contributed by atoms with Crippen LogP contribution < -0.4 is 10.2 Å². The number of alkyl halides is 3. The van der Waals surface area contributed by atoms with Crippen LogP contribution in [0.3, 0.4) is 0 Å². The van der Waals surface area contributed by atoms with Gasteiger partial charge in [-0.15, -0.1) is 0 Å². The summed E-state index contributed by atoms with van der Waals surface area (Å²) in [5.41, 5.74) is -1.95. The standard InChI is InChI=1S/C16H21F3N2O2/c1-14(23,16(17,18)19)10-20-13(22)15(8-9-15)11-4-6-12(7-5-11)21(2)3/h4-7,23H,8-10H2,1-3H3,(H,20,22)/t14-/m1/s1. The van der Waals surface area contributed by atoms with Crippen molar-refractivity contribution in [1.29, 1.82) is 0 Å². The summed E-state index contributed by atoms with van der Waals surface area (Å²) in [5, 5.41) is 11.7. The molecule has 1 aromatic carbocycles. The molecule has 0 bridgehead atoms. The number of anilines is 1. The fourth-order valence-corrected chi connectivity index (χ4v) is 2.37. The highest BCUT2D eigenvalue weighted by Gasteiger charge is 2.54. The lowest BCUT2D eigenvalue weighted by Crippen LogP contribution is -2.52. The normalized spacial score (nSPS) is 18.9. The lowest BCUT2D eigenvalue weighted by molar-refractivity contribution is -0.250. The van der Waals surface area contributed by atoms with Gasteiger partial charge in [-0.2, -0.15) is 13.2 Å². The molecule has 2 N–H and O–H groups in total. The van der Waals surface area contributed by atoms with Crippen LogP contribution in [0.15, 0.2) is 24.3 Å². The number of hydrogen-bond donors (Lipinski definition) is 2. The molecule has 0 unspecified atom stereocenters. The highest BCUT2D eigenvalue weighted by atomic mass is 19.4. The van der Waals surface area contributed by atoms with Gasteiger partial charge in [-0.25, -0.2) is 0 Å². The van der Waals surface area contributed by atoms with Crippen molar-refractivity contribution < 1.29 is 23.1 Å². The third-order valence-electron chi connectivity index (χ3n) is 4.32. The van der Waals surface area contributed by atoms with E-state index in [9.17, 15) is 23.1 Å². The van der Waals surface area contributed by atoms with Crippen molar-refractivity contribution in [1.82, 2.24) is 5.32 Å². The van der Waals surface area contributed by atoms with Gasteiger partial charge >= 0.3 is 6.18 Å². The molecular weight excluding hydrogens is 309 g/mol.